The summed E-state index contributed by atoms with van der Waals surface area (Å²) >= 11 is 0. The zero-order valence-electron chi connectivity index (χ0n) is 41.1. The van der Waals surface area contributed by atoms with Gasteiger partial charge in [-0.3, -0.25) is 4.79 Å². The van der Waals surface area contributed by atoms with E-state index < -0.39 is 24.2 Å². The average molecular weight is 858 g/mol. The van der Waals surface area contributed by atoms with Crippen LogP contribution in [0.1, 0.15) is 290 Å². The SMILES string of the molecule is CCCCCCCCCCCCCCCCC/C=C/CC/C=C/CC/C=C/C(O)C(CO)NC(=O)C(O)CCCCCCCCCCCCCCCCCCCCCCCC. The molecule has 0 fully saturated rings. The van der Waals surface area contributed by atoms with Gasteiger partial charge in [-0.15, -0.1) is 0 Å². The summed E-state index contributed by atoms with van der Waals surface area (Å²) in [4.78, 5) is 12.5. The summed E-state index contributed by atoms with van der Waals surface area (Å²) in [6, 6.07) is -0.820. The van der Waals surface area contributed by atoms with Crippen LogP contribution in [0, 0.1) is 0 Å². The molecular formula is C56H107NO4. The van der Waals surface area contributed by atoms with Gasteiger partial charge in [0.1, 0.15) is 6.10 Å². The van der Waals surface area contributed by atoms with E-state index in [1.54, 1.807) is 6.08 Å². The molecule has 0 saturated heterocycles. The number of rotatable bonds is 50. The van der Waals surface area contributed by atoms with Crippen molar-refractivity contribution in [1.29, 1.82) is 0 Å². The molecule has 3 unspecified atom stereocenters. The van der Waals surface area contributed by atoms with Crippen molar-refractivity contribution in [1.82, 2.24) is 5.32 Å². The monoisotopic (exact) mass is 858 g/mol. The summed E-state index contributed by atoms with van der Waals surface area (Å²) in [6.45, 7) is 4.20. The fourth-order valence-corrected chi connectivity index (χ4v) is 8.46. The molecule has 3 atom stereocenters. The Labute approximate surface area is 381 Å². The Kier molecular flexibility index (Phi) is 50.0. The summed E-state index contributed by atoms with van der Waals surface area (Å²) in [5, 5.41) is 33.3. The molecule has 5 heteroatoms. The lowest BCUT2D eigenvalue weighted by Gasteiger charge is -2.21. The Morgan fingerprint density at radius 1 is 0.393 bits per heavy atom. The Balaban J connectivity index is 3.64. The zero-order valence-corrected chi connectivity index (χ0v) is 41.1. The van der Waals surface area contributed by atoms with E-state index in [1.165, 1.54) is 225 Å². The van der Waals surface area contributed by atoms with Crippen LogP contribution in [-0.4, -0.2) is 46.1 Å². The molecule has 5 nitrogen and oxygen atoms in total. The summed E-state index contributed by atoms with van der Waals surface area (Å²) in [5.41, 5.74) is 0. The van der Waals surface area contributed by atoms with Crippen LogP contribution in [0.25, 0.3) is 0 Å². The summed E-state index contributed by atoms with van der Waals surface area (Å²) in [5.74, 6) is -0.512. The first-order valence-electron chi connectivity index (χ1n) is 27.3. The highest BCUT2D eigenvalue weighted by molar-refractivity contribution is 5.80. The molecule has 4 N–H and O–H groups in total. The second-order valence-corrected chi connectivity index (χ2v) is 18.8. The van der Waals surface area contributed by atoms with Gasteiger partial charge in [-0.25, -0.2) is 0 Å². The van der Waals surface area contributed by atoms with E-state index in [9.17, 15) is 20.1 Å². The number of carbonyl (C=O) groups excluding carboxylic acids is 1. The maximum atomic E-state index is 12.5. The van der Waals surface area contributed by atoms with Gasteiger partial charge in [0.25, 0.3) is 0 Å². The first kappa shape index (κ1) is 59.6. The lowest BCUT2D eigenvalue weighted by atomic mass is 10.0. The average Bonchev–Trinajstić information content (AvgIpc) is 3.26. The lowest BCUT2D eigenvalue weighted by molar-refractivity contribution is -0.131. The molecule has 0 saturated carbocycles. The Bertz CT molecular complexity index is 947. The third-order valence-electron chi connectivity index (χ3n) is 12.7. The second-order valence-electron chi connectivity index (χ2n) is 18.8. The fraction of sp³-hybridized carbons (Fsp3) is 0.875. The normalized spacial score (nSPS) is 13.6. The molecule has 0 aliphatic carbocycles. The van der Waals surface area contributed by atoms with E-state index in [-0.39, 0.29) is 6.61 Å². The molecule has 360 valence electrons. The van der Waals surface area contributed by atoms with Gasteiger partial charge in [0.15, 0.2) is 0 Å². The van der Waals surface area contributed by atoms with Crippen LogP contribution in [0.3, 0.4) is 0 Å². The number of aliphatic hydroxyl groups excluding tert-OH is 3. The molecule has 0 heterocycles. The lowest BCUT2D eigenvalue weighted by Crippen LogP contribution is -2.48. The number of amides is 1. The van der Waals surface area contributed by atoms with Crippen LogP contribution in [0.4, 0.5) is 0 Å². The van der Waals surface area contributed by atoms with E-state index in [2.05, 4.69) is 43.5 Å². The molecule has 61 heavy (non-hydrogen) atoms. The van der Waals surface area contributed by atoms with Crippen molar-refractivity contribution in [2.24, 2.45) is 0 Å². The maximum absolute atomic E-state index is 12.5. The van der Waals surface area contributed by atoms with E-state index in [0.29, 0.717) is 6.42 Å². The highest BCUT2D eigenvalue weighted by Crippen LogP contribution is 2.17. The highest BCUT2D eigenvalue weighted by atomic mass is 16.3. The number of carbonyl (C=O) groups is 1. The van der Waals surface area contributed by atoms with Crippen molar-refractivity contribution in [2.75, 3.05) is 6.61 Å². The van der Waals surface area contributed by atoms with Crippen LogP contribution in [0.2, 0.25) is 0 Å². The van der Waals surface area contributed by atoms with Gasteiger partial charge >= 0.3 is 0 Å². The molecule has 1 amide bonds. The summed E-state index contributed by atoms with van der Waals surface area (Å²) in [6.07, 6.45) is 66.5. The molecule has 0 aromatic carbocycles. The van der Waals surface area contributed by atoms with Gasteiger partial charge in [-0.1, -0.05) is 281 Å². The predicted octanol–water partition coefficient (Wildman–Crippen LogP) is 16.7. The molecular weight excluding hydrogens is 751 g/mol. The van der Waals surface area contributed by atoms with Gasteiger partial charge in [0, 0.05) is 0 Å². The van der Waals surface area contributed by atoms with Crippen LogP contribution in [-0.2, 0) is 4.79 Å². The Hall–Kier alpha value is -1.43. The van der Waals surface area contributed by atoms with Crippen molar-refractivity contribution >= 4 is 5.91 Å². The molecule has 0 aliphatic rings. The summed E-state index contributed by atoms with van der Waals surface area (Å²) in [7, 11) is 0. The fourth-order valence-electron chi connectivity index (χ4n) is 8.46. The Morgan fingerprint density at radius 3 is 1.00 bits per heavy atom. The second kappa shape index (κ2) is 51.2. The van der Waals surface area contributed by atoms with Gasteiger partial charge in [-0.05, 0) is 44.9 Å². The van der Waals surface area contributed by atoms with Crippen LogP contribution in [0.15, 0.2) is 36.5 Å². The smallest absolute Gasteiger partial charge is 0.249 e. The number of nitrogens with one attached hydrogen (secondary N) is 1. The maximum Gasteiger partial charge on any atom is 0.249 e. The molecule has 0 spiro atoms. The molecule has 0 radical (unpaired) electrons. The van der Waals surface area contributed by atoms with E-state index in [1.807, 2.05) is 6.08 Å². The Morgan fingerprint density at radius 2 is 0.672 bits per heavy atom. The molecule has 0 aromatic rings. The summed E-state index contributed by atoms with van der Waals surface area (Å²) < 4.78 is 0. The minimum Gasteiger partial charge on any atom is -0.394 e. The van der Waals surface area contributed by atoms with Crippen molar-refractivity contribution in [2.45, 2.75) is 308 Å². The largest absolute Gasteiger partial charge is 0.394 e. The van der Waals surface area contributed by atoms with Gasteiger partial charge in [0.2, 0.25) is 5.91 Å². The van der Waals surface area contributed by atoms with Crippen molar-refractivity contribution in [3.8, 4) is 0 Å². The third-order valence-corrected chi connectivity index (χ3v) is 12.7. The third kappa shape index (κ3) is 46.4. The first-order valence-corrected chi connectivity index (χ1v) is 27.3. The molecule has 0 rings (SSSR count). The van der Waals surface area contributed by atoms with Crippen LogP contribution >= 0.6 is 0 Å². The number of unbranched alkanes of at least 4 members (excludes halogenated alkanes) is 38. The number of hydrogen-bond acceptors (Lipinski definition) is 4. The van der Waals surface area contributed by atoms with Gasteiger partial charge < -0.3 is 20.6 Å². The predicted molar refractivity (Wildman–Crippen MR) is 268 cm³/mol. The van der Waals surface area contributed by atoms with Crippen molar-refractivity contribution < 1.29 is 20.1 Å². The van der Waals surface area contributed by atoms with Crippen LogP contribution in [0.5, 0.6) is 0 Å². The van der Waals surface area contributed by atoms with E-state index >= 15 is 0 Å². The number of aliphatic hydroxyl groups is 3. The van der Waals surface area contributed by atoms with Crippen molar-refractivity contribution in [3.63, 3.8) is 0 Å². The van der Waals surface area contributed by atoms with Gasteiger partial charge in [0.05, 0.1) is 18.8 Å². The van der Waals surface area contributed by atoms with Gasteiger partial charge in [-0.2, -0.15) is 0 Å². The zero-order chi connectivity index (χ0) is 44.4. The minimum atomic E-state index is -1.11. The topological polar surface area (TPSA) is 89.8 Å². The van der Waals surface area contributed by atoms with E-state index in [0.717, 1.165) is 44.9 Å². The minimum absolute atomic E-state index is 0.379. The molecule has 0 aromatic heterocycles. The number of allylic oxidation sites excluding steroid dienone is 5. The molecule has 0 aliphatic heterocycles. The number of hydrogen-bond donors (Lipinski definition) is 4. The van der Waals surface area contributed by atoms with E-state index in [4.69, 9.17) is 0 Å². The molecule has 0 bridgehead atoms. The van der Waals surface area contributed by atoms with Crippen LogP contribution < -0.4 is 5.32 Å². The standard InChI is InChI=1S/C56H107NO4/c1-3-5-7-9-11-13-15-17-19-21-23-25-27-28-29-31-32-34-36-38-40-42-44-46-48-50-54(59)53(52-58)57-56(61)55(60)51-49-47-45-43-41-39-37-35-33-30-26-24-22-20-18-16-14-12-10-8-6-4-2/h32,34,40,42,48,50,53-55,58-60H,3-31,33,35-39,41,43-47,49,51-52H2,1-2H3,(H,57,61)/b34-32+,42-40+,50-48+. The highest BCUT2D eigenvalue weighted by Gasteiger charge is 2.22. The first-order chi connectivity index (χ1) is 30.1. The quantitative estimate of drug-likeness (QED) is 0.0362. The van der Waals surface area contributed by atoms with Crippen molar-refractivity contribution in [3.05, 3.63) is 36.5 Å².